The number of anilines is 1. The van der Waals surface area contributed by atoms with E-state index in [1.165, 1.54) is 4.31 Å². The fraction of sp³-hybridized carbons (Fsp3) is 0.278. The van der Waals surface area contributed by atoms with Gasteiger partial charge in [0.25, 0.3) is 5.91 Å². The Morgan fingerprint density at radius 2 is 1.87 bits per heavy atom. The van der Waals surface area contributed by atoms with E-state index >= 15 is 0 Å². The van der Waals surface area contributed by atoms with Gasteiger partial charge >= 0.3 is 5.69 Å². The molecule has 0 saturated carbocycles. The summed E-state index contributed by atoms with van der Waals surface area (Å²) < 4.78 is 58.3. The van der Waals surface area contributed by atoms with Crippen molar-refractivity contribution < 1.29 is 31.7 Å². The van der Waals surface area contributed by atoms with E-state index < -0.39 is 50.5 Å². The lowest BCUT2D eigenvalue weighted by Crippen LogP contribution is -2.28. The molecule has 1 saturated heterocycles. The summed E-state index contributed by atoms with van der Waals surface area (Å²) in [4.78, 5) is 22.2. The molecule has 2 aromatic rings. The summed E-state index contributed by atoms with van der Waals surface area (Å²) in [5, 5.41) is 13.5. The molecule has 1 N–H and O–H groups in total. The Kier molecular flexibility index (Phi) is 6.27. The second kappa shape index (κ2) is 8.71. The number of rotatable bonds is 7. The molecule has 1 aliphatic rings. The molecule has 1 fully saturated rings. The minimum absolute atomic E-state index is 0.255. The van der Waals surface area contributed by atoms with Crippen LogP contribution in [0.25, 0.3) is 0 Å². The quantitative estimate of drug-likeness (QED) is 0.521. The topological polar surface area (TPSA) is 119 Å². The van der Waals surface area contributed by atoms with Crippen LogP contribution < -0.4 is 10.1 Å². The van der Waals surface area contributed by atoms with Crippen LogP contribution in [0.3, 0.4) is 0 Å². The first-order chi connectivity index (χ1) is 14.2. The third-order valence-corrected chi connectivity index (χ3v) is 6.29. The van der Waals surface area contributed by atoms with Crippen LogP contribution in [-0.2, 0) is 14.8 Å². The van der Waals surface area contributed by atoms with Crippen molar-refractivity contribution in [2.45, 2.75) is 17.7 Å². The third-order valence-electron chi connectivity index (χ3n) is 4.39. The van der Waals surface area contributed by atoms with E-state index in [2.05, 4.69) is 5.32 Å². The Bertz CT molecular complexity index is 1090. The van der Waals surface area contributed by atoms with Gasteiger partial charge in [-0.3, -0.25) is 14.9 Å². The molecule has 30 heavy (non-hydrogen) atoms. The standard InChI is InChI=1S/C18H17F2N3O6S/c19-12-3-5-14(20)15(9-12)21-18(24)11-29-17-6-4-13(10-16(17)23(25)26)30(27,28)22-7-1-2-8-22/h3-6,9-10H,1-2,7-8,11H2,(H,21,24). The number of amides is 1. The van der Waals surface area contributed by atoms with Crippen molar-refractivity contribution >= 4 is 27.3 Å². The second-order valence-corrected chi connectivity index (χ2v) is 8.40. The molecule has 0 spiro atoms. The first-order valence-electron chi connectivity index (χ1n) is 8.85. The van der Waals surface area contributed by atoms with Crippen molar-refractivity contribution in [3.63, 3.8) is 0 Å². The fourth-order valence-electron chi connectivity index (χ4n) is 2.92. The van der Waals surface area contributed by atoms with E-state index in [1.54, 1.807) is 0 Å². The summed E-state index contributed by atoms with van der Waals surface area (Å²) in [5.41, 5.74) is -1.05. The SMILES string of the molecule is O=C(COc1ccc(S(=O)(=O)N2CCCC2)cc1[N+](=O)[O-])Nc1cc(F)ccc1F. The summed E-state index contributed by atoms with van der Waals surface area (Å²) in [6.45, 7) is -0.0641. The molecule has 0 unspecified atom stereocenters. The predicted octanol–water partition coefficient (Wildman–Crippen LogP) is 2.68. The number of benzene rings is 2. The van der Waals surface area contributed by atoms with Crippen LogP contribution in [0.4, 0.5) is 20.2 Å². The monoisotopic (exact) mass is 441 g/mol. The summed E-state index contributed by atoms with van der Waals surface area (Å²) in [6.07, 6.45) is 1.42. The average molecular weight is 441 g/mol. The van der Waals surface area contributed by atoms with Gasteiger partial charge in [-0.15, -0.1) is 0 Å². The normalized spacial score (nSPS) is 14.5. The first-order valence-corrected chi connectivity index (χ1v) is 10.3. The molecule has 160 valence electrons. The number of halogens is 2. The molecule has 0 bridgehead atoms. The van der Waals surface area contributed by atoms with Crippen LogP contribution in [0.5, 0.6) is 5.75 Å². The number of nitro benzene ring substituents is 1. The summed E-state index contributed by atoms with van der Waals surface area (Å²) in [7, 11) is -3.88. The predicted molar refractivity (Wildman–Crippen MR) is 102 cm³/mol. The van der Waals surface area contributed by atoms with Gasteiger partial charge in [0.15, 0.2) is 12.4 Å². The lowest BCUT2D eigenvalue weighted by atomic mass is 10.3. The summed E-state index contributed by atoms with van der Waals surface area (Å²) >= 11 is 0. The molecule has 9 nitrogen and oxygen atoms in total. The number of ether oxygens (including phenoxy) is 1. The van der Waals surface area contributed by atoms with E-state index in [4.69, 9.17) is 4.74 Å². The van der Waals surface area contributed by atoms with E-state index in [1.807, 2.05) is 0 Å². The highest BCUT2D eigenvalue weighted by Gasteiger charge is 2.30. The number of nitrogens with zero attached hydrogens (tertiary/aromatic N) is 2. The van der Waals surface area contributed by atoms with Gasteiger partial charge in [-0.2, -0.15) is 4.31 Å². The van der Waals surface area contributed by atoms with Gasteiger partial charge in [-0.25, -0.2) is 17.2 Å². The lowest BCUT2D eigenvalue weighted by molar-refractivity contribution is -0.386. The number of sulfonamides is 1. The van der Waals surface area contributed by atoms with Gasteiger partial charge < -0.3 is 10.1 Å². The average Bonchev–Trinajstić information content (AvgIpc) is 3.24. The lowest BCUT2D eigenvalue weighted by Gasteiger charge is -2.16. The highest BCUT2D eigenvalue weighted by molar-refractivity contribution is 7.89. The van der Waals surface area contributed by atoms with E-state index in [0.717, 1.165) is 36.4 Å². The molecule has 0 aliphatic carbocycles. The molecular formula is C18H17F2N3O6S. The highest BCUT2D eigenvalue weighted by Crippen LogP contribution is 2.31. The van der Waals surface area contributed by atoms with E-state index in [-0.39, 0.29) is 10.6 Å². The number of nitrogens with one attached hydrogen (secondary N) is 1. The molecule has 1 amide bonds. The zero-order valence-corrected chi connectivity index (χ0v) is 16.3. The van der Waals surface area contributed by atoms with Gasteiger partial charge in [-0.05, 0) is 37.1 Å². The minimum Gasteiger partial charge on any atom is -0.477 e. The van der Waals surface area contributed by atoms with Crippen molar-refractivity contribution in [3.05, 3.63) is 58.1 Å². The molecular weight excluding hydrogens is 424 g/mol. The Morgan fingerprint density at radius 1 is 1.17 bits per heavy atom. The summed E-state index contributed by atoms with van der Waals surface area (Å²) in [6, 6.07) is 5.58. The van der Waals surface area contributed by atoms with Crippen molar-refractivity contribution in [1.82, 2.24) is 4.31 Å². The smallest absolute Gasteiger partial charge is 0.312 e. The number of nitro groups is 1. The largest absolute Gasteiger partial charge is 0.477 e. The van der Waals surface area contributed by atoms with Crippen LogP contribution in [-0.4, -0.2) is 43.2 Å². The van der Waals surface area contributed by atoms with Crippen LogP contribution in [0.15, 0.2) is 41.3 Å². The fourth-order valence-corrected chi connectivity index (χ4v) is 4.46. The molecule has 0 radical (unpaired) electrons. The first kappa shape index (κ1) is 21.6. The van der Waals surface area contributed by atoms with Crippen molar-refractivity contribution in [2.75, 3.05) is 25.0 Å². The number of carbonyl (C=O) groups is 1. The molecule has 2 aromatic carbocycles. The van der Waals surface area contributed by atoms with Gasteiger partial charge in [0, 0.05) is 25.2 Å². The molecule has 1 aliphatic heterocycles. The summed E-state index contributed by atoms with van der Waals surface area (Å²) in [5.74, 6) is -2.86. The van der Waals surface area contributed by atoms with Gasteiger partial charge in [0.1, 0.15) is 11.6 Å². The van der Waals surface area contributed by atoms with E-state index in [9.17, 15) is 32.1 Å². The van der Waals surface area contributed by atoms with E-state index in [0.29, 0.717) is 25.9 Å². The Hall–Kier alpha value is -3.12. The maximum atomic E-state index is 13.6. The van der Waals surface area contributed by atoms with Gasteiger partial charge in [0.05, 0.1) is 15.5 Å². The van der Waals surface area contributed by atoms with Gasteiger partial charge in [0.2, 0.25) is 10.0 Å². The molecule has 1 heterocycles. The zero-order chi connectivity index (χ0) is 21.9. The maximum Gasteiger partial charge on any atom is 0.312 e. The zero-order valence-electron chi connectivity index (χ0n) is 15.5. The highest BCUT2D eigenvalue weighted by atomic mass is 32.2. The Labute approximate surface area is 170 Å². The number of hydrogen-bond acceptors (Lipinski definition) is 6. The number of carbonyl (C=O) groups excluding carboxylic acids is 1. The van der Waals surface area contributed by atoms with Crippen molar-refractivity contribution in [3.8, 4) is 5.75 Å². The van der Waals surface area contributed by atoms with Crippen LogP contribution in [0.2, 0.25) is 0 Å². The maximum absolute atomic E-state index is 13.6. The third kappa shape index (κ3) is 4.71. The Balaban J connectivity index is 1.75. The van der Waals surface area contributed by atoms with Crippen molar-refractivity contribution in [2.24, 2.45) is 0 Å². The minimum atomic E-state index is -3.88. The molecule has 3 rings (SSSR count). The molecule has 12 heteroatoms. The van der Waals surface area contributed by atoms with Crippen molar-refractivity contribution in [1.29, 1.82) is 0 Å². The van der Waals surface area contributed by atoms with Gasteiger partial charge in [-0.1, -0.05) is 0 Å². The van der Waals surface area contributed by atoms with Crippen LogP contribution >= 0.6 is 0 Å². The van der Waals surface area contributed by atoms with Crippen LogP contribution in [0.1, 0.15) is 12.8 Å². The molecule has 0 atom stereocenters. The van der Waals surface area contributed by atoms with Crippen LogP contribution in [0, 0.1) is 21.7 Å². The Morgan fingerprint density at radius 3 is 2.53 bits per heavy atom. The number of hydrogen-bond donors (Lipinski definition) is 1. The second-order valence-electron chi connectivity index (χ2n) is 6.46. The molecule has 0 aromatic heterocycles.